The number of hydrogen-bond donors (Lipinski definition) is 3. The van der Waals surface area contributed by atoms with Crippen molar-refractivity contribution in [3.8, 4) is 11.3 Å². The molecular weight excluding hydrogens is 340 g/mol. The van der Waals surface area contributed by atoms with Gasteiger partial charge in [-0.1, -0.05) is 0 Å². The molecule has 0 spiro atoms. The fourth-order valence-corrected chi connectivity index (χ4v) is 2.23. The first-order valence-electron chi connectivity index (χ1n) is 7.94. The first kappa shape index (κ1) is 17.7. The van der Waals surface area contributed by atoms with Crippen LogP contribution in [0.2, 0.25) is 0 Å². The van der Waals surface area contributed by atoms with Crippen molar-refractivity contribution in [1.82, 2.24) is 15.0 Å². The number of aliphatic hydroxyl groups is 1. The molecule has 2 heterocycles. The van der Waals surface area contributed by atoms with Gasteiger partial charge >= 0.3 is 0 Å². The van der Waals surface area contributed by atoms with E-state index >= 15 is 0 Å². The van der Waals surface area contributed by atoms with Crippen molar-refractivity contribution in [2.24, 2.45) is 0 Å². The minimum Gasteiger partial charge on any atom is -0.394 e. The number of hydrogen-bond acceptors (Lipinski definition) is 6. The standard InChI is InChI=1S/C18H17F2N5O/c1-11(10-26)22-18-24-16(12-3-2-6-21-9-12)8-17(25-18)23-13-4-5-14(19)15(20)7-13/h2-9,11,26H,10H2,1H3,(H2,22,23,24,25)/t11-/m1/s1. The van der Waals surface area contributed by atoms with Gasteiger partial charge in [0.25, 0.3) is 0 Å². The molecule has 0 unspecified atom stereocenters. The van der Waals surface area contributed by atoms with Crippen molar-refractivity contribution in [3.05, 3.63) is 60.4 Å². The van der Waals surface area contributed by atoms with Gasteiger partial charge in [-0.25, -0.2) is 13.8 Å². The fourth-order valence-electron chi connectivity index (χ4n) is 2.23. The highest BCUT2D eigenvalue weighted by Gasteiger charge is 2.10. The highest BCUT2D eigenvalue weighted by Crippen LogP contribution is 2.24. The molecule has 134 valence electrons. The molecule has 0 radical (unpaired) electrons. The Kier molecular flexibility index (Phi) is 5.33. The summed E-state index contributed by atoms with van der Waals surface area (Å²) in [6.45, 7) is 1.69. The van der Waals surface area contributed by atoms with Crippen LogP contribution in [0.4, 0.5) is 26.2 Å². The number of aromatic nitrogens is 3. The van der Waals surface area contributed by atoms with Crippen molar-refractivity contribution in [3.63, 3.8) is 0 Å². The minimum absolute atomic E-state index is 0.0909. The molecule has 3 aromatic rings. The molecule has 1 atom stereocenters. The van der Waals surface area contributed by atoms with Crippen molar-refractivity contribution >= 4 is 17.5 Å². The Labute approximate surface area is 149 Å². The molecule has 0 bridgehead atoms. The summed E-state index contributed by atoms with van der Waals surface area (Å²) in [6.07, 6.45) is 3.31. The summed E-state index contributed by atoms with van der Waals surface area (Å²) >= 11 is 0. The predicted molar refractivity (Wildman–Crippen MR) is 95.1 cm³/mol. The van der Waals surface area contributed by atoms with E-state index < -0.39 is 11.6 Å². The summed E-state index contributed by atoms with van der Waals surface area (Å²) in [6, 6.07) is 8.54. The van der Waals surface area contributed by atoms with Crippen LogP contribution in [0.25, 0.3) is 11.3 Å². The van der Waals surface area contributed by atoms with E-state index in [-0.39, 0.29) is 18.6 Å². The molecule has 0 saturated heterocycles. The Morgan fingerprint density at radius 3 is 2.65 bits per heavy atom. The molecule has 3 rings (SSSR count). The predicted octanol–water partition coefficient (Wildman–Crippen LogP) is 3.35. The summed E-state index contributed by atoms with van der Waals surface area (Å²) in [4.78, 5) is 12.8. The number of rotatable bonds is 6. The molecule has 3 N–H and O–H groups in total. The molecule has 1 aromatic carbocycles. The van der Waals surface area contributed by atoms with E-state index in [9.17, 15) is 13.9 Å². The van der Waals surface area contributed by atoms with Crippen LogP contribution in [0.3, 0.4) is 0 Å². The zero-order valence-corrected chi connectivity index (χ0v) is 13.9. The van der Waals surface area contributed by atoms with Gasteiger partial charge < -0.3 is 15.7 Å². The molecule has 0 fully saturated rings. The number of halogens is 2. The number of aliphatic hydroxyl groups excluding tert-OH is 1. The lowest BCUT2D eigenvalue weighted by atomic mass is 10.2. The van der Waals surface area contributed by atoms with Gasteiger partial charge in [0.2, 0.25) is 5.95 Å². The minimum atomic E-state index is -0.955. The van der Waals surface area contributed by atoms with E-state index in [1.54, 1.807) is 31.5 Å². The van der Waals surface area contributed by atoms with Crippen LogP contribution >= 0.6 is 0 Å². The monoisotopic (exact) mass is 357 g/mol. The molecule has 2 aromatic heterocycles. The number of nitrogens with one attached hydrogen (secondary N) is 2. The van der Waals surface area contributed by atoms with E-state index in [4.69, 9.17) is 0 Å². The van der Waals surface area contributed by atoms with Gasteiger partial charge in [0.15, 0.2) is 11.6 Å². The summed E-state index contributed by atoms with van der Waals surface area (Å²) in [5, 5.41) is 15.1. The van der Waals surface area contributed by atoms with E-state index in [1.807, 2.05) is 6.07 Å². The van der Waals surface area contributed by atoms with Crippen LogP contribution in [0.15, 0.2) is 48.8 Å². The maximum absolute atomic E-state index is 13.4. The Morgan fingerprint density at radius 2 is 1.96 bits per heavy atom. The molecule has 8 heteroatoms. The highest BCUT2D eigenvalue weighted by molar-refractivity contribution is 5.66. The van der Waals surface area contributed by atoms with Gasteiger partial charge in [0, 0.05) is 41.8 Å². The Bertz CT molecular complexity index is 892. The highest BCUT2D eigenvalue weighted by atomic mass is 19.2. The number of nitrogens with zero attached hydrogens (tertiary/aromatic N) is 3. The molecule has 0 aliphatic carbocycles. The molecule has 0 saturated carbocycles. The van der Waals surface area contributed by atoms with Gasteiger partial charge in [-0.15, -0.1) is 0 Å². The Hall–Kier alpha value is -3.13. The first-order chi connectivity index (χ1) is 12.5. The zero-order chi connectivity index (χ0) is 18.5. The van der Waals surface area contributed by atoms with Gasteiger partial charge in [-0.05, 0) is 31.2 Å². The van der Waals surface area contributed by atoms with Crippen LogP contribution in [0.1, 0.15) is 6.92 Å². The maximum atomic E-state index is 13.4. The van der Waals surface area contributed by atoms with Crippen molar-refractivity contribution < 1.29 is 13.9 Å². The van der Waals surface area contributed by atoms with E-state index in [0.29, 0.717) is 17.2 Å². The van der Waals surface area contributed by atoms with Crippen LogP contribution in [-0.4, -0.2) is 32.7 Å². The van der Waals surface area contributed by atoms with Crippen LogP contribution in [0.5, 0.6) is 0 Å². The maximum Gasteiger partial charge on any atom is 0.225 e. The topological polar surface area (TPSA) is 83.0 Å². The average molecular weight is 357 g/mol. The molecule has 0 amide bonds. The van der Waals surface area contributed by atoms with Crippen LogP contribution in [-0.2, 0) is 0 Å². The van der Waals surface area contributed by atoms with E-state index in [2.05, 4.69) is 25.6 Å². The lowest BCUT2D eigenvalue weighted by Gasteiger charge is -2.14. The third-order valence-corrected chi connectivity index (χ3v) is 3.52. The molecule has 0 aliphatic heterocycles. The smallest absolute Gasteiger partial charge is 0.225 e. The van der Waals surface area contributed by atoms with Crippen molar-refractivity contribution in [1.29, 1.82) is 0 Å². The van der Waals surface area contributed by atoms with Gasteiger partial charge in [0.05, 0.1) is 12.3 Å². The van der Waals surface area contributed by atoms with Crippen molar-refractivity contribution in [2.75, 3.05) is 17.2 Å². The Morgan fingerprint density at radius 1 is 1.12 bits per heavy atom. The SMILES string of the molecule is C[C@H](CO)Nc1nc(Nc2ccc(F)c(F)c2)cc(-c2cccnc2)n1. The summed E-state index contributed by atoms with van der Waals surface area (Å²) in [5.41, 5.74) is 1.70. The molecule has 0 aliphatic rings. The second-order valence-electron chi connectivity index (χ2n) is 5.69. The third-order valence-electron chi connectivity index (χ3n) is 3.52. The molecule has 6 nitrogen and oxygen atoms in total. The van der Waals surface area contributed by atoms with E-state index in [0.717, 1.165) is 17.7 Å². The summed E-state index contributed by atoms with van der Waals surface area (Å²) in [7, 11) is 0. The number of benzene rings is 1. The van der Waals surface area contributed by atoms with Gasteiger partial charge in [-0.3, -0.25) is 4.98 Å². The zero-order valence-electron chi connectivity index (χ0n) is 13.9. The van der Waals surface area contributed by atoms with E-state index in [1.165, 1.54) is 6.07 Å². The van der Waals surface area contributed by atoms with Gasteiger partial charge in [-0.2, -0.15) is 4.98 Å². The summed E-state index contributed by atoms with van der Waals surface area (Å²) in [5.74, 6) is -1.20. The normalized spacial score (nSPS) is 11.8. The molecular formula is C18H17F2N5O. The number of pyridine rings is 1. The fraction of sp³-hybridized carbons (Fsp3) is 0.167. The largest absolute Gasteiger partial charge is 0.394 e. The van der Waals surface area contributed by atoms with Crippen LogP contribution in [0, 0.1) is 11.6 Å². The van der Waals surface area contributed by atoms with Gasteiger partial charge in [0.1, 0.15) is 5.82 Å². The second-order valence-corrected chi connectivity index (χ2v) is 5.69. The Balaban J connectivity index is 1.97. The number of anilines is 3. The third kappa shape index (κ3) is 4.28. The quantitative estimate of drug-likeness (QED) is 0.628. The first-order valence-corrected chi connectivity index (χ1v) is 7.94. The van der Waals surface area contributed by atoms with Crippen molar-refractivity contribution in [2.45, 2.75) is 13.0 Å². The lowest BCUT2D eigenvalue weighted by Crippen LogP contribution is -2.21. The second kappa shape index (κ2) is 7.83. The molecule has 26 heavy (non-hydrogen) atoms. The summed E-state index contributed by atoms with van der Waals surface area (Å²) < 4.78 is 26.5. The van der Waals surface area contributed by atoms with Crippen LogP contribution < -0.4 is 10.6 Å². The lowest BCUT2D eigenvalue weighted by molar-refractivity contribution is 0.281. The average Bonchev–Trinajstić information content (AvgIpc) is 2.65.